The van der Waals surface area contributed by atoms with Gasteiger partial charge < -0.3 is 16.4 Å². The van der Waals surface area contributed by atoms with Crippen molar-refractivity contribution in [2.45, 2.75) is 0 Å². The lowest BCUT2D eigenvalue weighted by atomic mass is 10.2. The van der Waals surface area contributed by atoms with E-state index in [1.165, 1.54) is 6.07 Å². The molecule has 2 aromatic rings. The standard InChI is InChI=1S/C15H13Cl2N3O2/c16-12-5-4-10(7-13(12)17)19-8-14(21)20-11-3-1-2-9(6-11)15(18)22/h1-7,19H,8H2,(H2,18,22)(H,20,21). The van der Waals surface area contributed by atoms with Crippen molar-refractivity contribution in [2.24, 2.45) is 5.73 Å². The summed E-state index contributed by atoms with van der Waals surface area (Å²) < 4.78 is 0. The van der Waals surface area contributed by atoms with Gasteiger partial charge in [0.1, 0.15) is 0 Å². The minimum atomic E-state index is -0.551. The van der Waals surface area contributed by atoms with Crippen LogP contribution in [0.4, 0.5) is 11.4 Å². The molecule has 5 nitrogen and oxygen atoms in total. The lowest BCUT2D eigenvalue weighted by molar-refractivity contribution is -0.114. The first kappa shape index (κ1) is 16.1. The van der Waals surface area contributed by atoms with Crippen molar-refractivity contribution in [3.8, 4) is 0 Å². The topological polar surface area (TPSA) is 84.2 Å². The Morgan fingerprint density at radius 1 is 1.00 bits per heavy atom. The van der Waals surface area contributed by atoms with E-state index in [4.69, 9.17) is 28.9 Å². The van der Waals surface area contributed by atoms with Gasteiger partial charge in [0, 0.05) is 16.9 Å². The molecule has 0 aliphatic heterocycles. The van der Waals surface area contributed by atoms with E-state index in [-0.39, 0.29) is 12.5 Å². The minimum absolute atomic E-state index is 0.0404. The van der Waals surface area contributed by atoms with E-state index in [0.29, 0.717) is 27.0 Å². The zero-order valence-electron chi connectivity index (χ0n) is 11.4. The highest BCUT2D eigenvalue weighted by atomic mass is 35.5. The monoisotopic (exact) mass is 337 g/mol. The number of primary amides is 1. The van der Waals surface area contributed by atoms with Gasteiger partial charge in [-0.3, -0.25) is 9.59 Å². The van der Waals surface area contributed by atoms with Crippen molar-refractivity contribution >= 4 is 46.4 Å². The number of hydrogen-bond acceptors (Lipinski definition) is 3. The third-order valence-corrected chi connectivity index (χ3v) is 3.54. The summed E-state index contributed by atoms with van der Waals surface area (Å²) in [4.78, 5) is 23.0. The van der Waals surface area contributed by atoms with Gasteiger partial charge in [-0.15, -0.1) is 0 Å². The maximum absolute atomic E-state index is 11.9. The predicted octanol–water partition coefficient (Wildman–Crippen LogP) is 3.14. The van der Waals surface area contributed by atoms with Crippen LogP contribution in [-0.2, 0) is 4.79 Å². The molecule has 0 bridgehead atoms. The van der Waals surface area contributed by atoms with Gasteiger partial charge in [0.25, 0.3) is 0 Å². The van der Waals surface area contributed by atoms with Crippen LogP contribution in [0.1, 0.15) is 10.4 Å². The molecule has 2 aromatic carbocycles. The molecule has 2 rings (SSSR count). The lowest BCUT2D eigenvalue weighted by Crippen LogP contribution is -2.22. The highest BCUT2D eigenvalue weighted by molar-refractivity contribution is 6.42. The Bertz CT molecular complexity index is 720. The normalized spacial score (nSPS) is 10.1. The molecular formula is C15H13Cl2N3O2. The van der Waals surface area contributed by atoms with Crippen LogP contribution in [0, 0.1) is 0 Å². The van der Waals surface area contributed by atoms with Crippen molar-refractivity contribution in [1.29, 1.82) is 0 Å². The van der Waals surface area contributed by atoms with Crippen LogP contribution in [0.2, 0.25) is 10.0 Å². The molecule has 0 fully saturated rings. The largest absolute Gasteiger partial charge is 0.376 e. The fraction of sp³-hybridized carbons (Fsp3) is 0.0667. The quantitative estimate of drug-likeness (QED) is 0.783. The van der Waals surface area contributed by atoms with Gasteiger partial charge in [-0.05, 0) is 36.4 Å². The molecule has 2 amide bonds. The molecule has 0 radical (unpaired) electrons. The molecule has 114 valence electrons. The second-order valence-electron chi connectivity index (χ2n) is 4.48. The molecule has 0 atom stereocenters. The number of nitrogens with two attached hydrogens (primary N) is 1. The first-order valence-electron chi connectivity index (χ1n) is 6.34. The fourth-order valence-corrected chi connectivity index (χ4v) is 2.04. The van der Waals surface area contributed by atoms with E-state index in [0.717, 1.165) is 0 Å². The van der Waals surface area contributed by atoms with Crippen LogP contribution in [-0.4, -0.2) is 18.4 Å². The summed E-state index contributed by atoms with van der Waals surface area (Å²) in [6, 6.07) is 11.4. The van der Waals surface area contributed by atoms with Crippen LogP contribution < -0.4 is 16.4 Å². The summed E-state index contributed by atoms with van der Waals surface area (Å²) in [7, 11) is 0. The number of benzene rings is 2. The highest BCUT2D eigenvalue weighted by Gasteiger charge is 2.06. The van der Waals surface area contributed by atoms with Crippen LogP contribution in [0.15, 0.2) is 42.5 Å². The predicted molar refractivity (Wildman–Crippen MR) is 88.5 cm³/mol. The third-order valence-electron chi connectivity index (χ3n) is 2.80. The maximum Gasteiger partial charge on any atom is 0.248 e. The Labute approximate surface area is 137 Å². The second-order valence-corrected chi connectivity index (χ2v) is 5.29. The van der Waals surface area contributed by atoms with Crippen molar-refractivity contribution in [3.05, 3.63) is 58.1 Å². The fourth-order valence-electron chi connectivity index (χ4n) is 1.74. The van der Waals surface area contributed by atoms with E-state index in [1.54, 1.807) is 36.4 Å². The summed E-state index contributed by atoms with van der Waals surface area (Å²) in [5.41, 5.74) is 6.69. The summed E-state index contributed by atoms with van der Waals surface area (Å²) in [5, 5.41) is 6.44. The smallest absolute Gasteiger partial charge is 0.248 e. The molecule has 0 aliphatic carbocycles. The molecule has 0 heterocycles. The van der Waals surface area contributed by atoms with Gasteiger partial charge in [-0.25, -0.2) is 0 Å². The minimum Gasteiger partial charge on any atom is -0.376 e. The molecular weight excluding hydrogens is 325 g/mol. The van der Waals surface area contributed by atoms with Gasteiger partial charge in [0.15, 0.2) is 0 Å². The number of carbonyl (C=O) groups is 2. The average molecular weight is 338 g/mol. The molecule has 0 saturated carbocycles. The number of carbonyl (C=O) groups excluding carboxylic acids is 2. The Kier molecular flexibility index (Phi) is 5.25. The van der Waals surface area contributed by atoms with Crippen LogP contribution in [0.25, 0.3) is 0 Å². The van der Waals surface area contributed by atoms with Crippen LogP contribution >= 0.6 is 23.2 Å². The van der Waals surface area contributed by atoms with Gasteiger partial charge in [0.05, 0.1) is 16.6 Å². The molecule has 22 heavy (non-hydrogen) atoms. The van der Waals surface area contributed by atoms with E-state index >= 15 is 0 Å². The Morgan fingerprint density at radius 3 is 2.45 bits per heavy atom. The number of amides is 2. The number of rotatable bonds is 5. The van der Waals surface area contributed by atoms with Crippen LogP contribution in [0.5, 0.6) is 0 Å². The van der Waals surface area contributed by atoms with Gasteiger partial charge in [0.2, 0.25) is 11.8 Å². The SMILES string of the molecule is NC(=O)c1cccc(NC(=O)CNc2ccc(Cl)c(Cl)c2)c1. The summed E-state index contributed by atoms with van der Waals surface area (Å²) in [6.07, 6.45) is 0. The highest BCUT2D eigenvalue weighted by Crippen LogP contribution is 2.24. The Hall–Kier alpha value is -2.24. The Morgan fingerprint density at radius 2 is 1.77 bits per heavy atom. The lowest BCUT2D eigenvalue weighted by Gasteiger charge is -2.09. The number of anilines is 2. The number of nitrogens with one attached hydrogen (secondary N) is 2. The van der Waals surface area contributed by atoms with Gasteiger partial charge >= 0.3 is 0 Å². The molecule has 4 N–H and O–H groups in total. The van der Waals surface area contributed by atoms with E-state index in [1.807, 2.05) is 0 Å². The van der Waals surface area contributed by atoms with Gasteiger partial charge in [-0.2, -0.15) is 0 Å². The first-order chi connectivity index (χ1) is 10.5. The van der Waals surface area contributed by atoms with Crippen molar-refractivity contribution in [1.82, 2.24) is 0 Å². The molecule has 0 aromatic heterocycles. The molecule has 0 aliphatic rings. The summed E-state index contributed by atoms with van der Waals surface area (Å²) in [6.45, 7) is 0.0404. The van der Waals surface area contributed by atoms with Crippen molar-refractivity contribution < 1.29 is 9.59 Å². The molecule has 0 spiro atoms. The van der Waals surface area contributed by atoms with Crippen molar-refractivity contribution in [3.63, 3.8) is 0 Å². The Balaban J connectivity index is 1.94. The molecule has 7 heteroatoms. The van der Waals surface area contributed by atoms with Crippen LogP contribution in [0.3, 0.4) is 0 Å². The summed E-state index contributed by atoms with van der Waals surface area (Å²) >= 11 is 11.7. The first-order valence-corrected chi connectivity index (χ1v) is 7.10. The van der Waals surface area contributed by atoms with E-state index in [9.17, 15) is 9.59 Å². The number of hydrogen-bond donors (Lipinski definition) is 3. The molecule has 0 saturated heterocycles. The van der Waals surface area contributed by atoms with E-state index < -0.39 is 5.91 Å². The second kappa shape index (κ2) is 7.15. The third kappa shape index (κ3) is 4.38. The molecule has 0 unspecified atom stereocenters. The average Bonchev–Trinajstić information content (AvgIpc) is 2.49. The van der Waals surface area contributed by atoms with E-state index in [2.05, 4.69) is 10.6 Å². The zero-order chi connectivity index (χ0) is 16.1. The van der Waals surface area contributed by atoms with Gasteiger partial charge in [-0.1, -0.05) is 29.3 Å². The zero-order valence-corrected chi connectivity index (χ0v) is 12.9. The summed E-state index contributed by atoms with van der Waals surface area (Å²) in [5.74, 6) is -0.822. The number of halogens is 2. The van der Waals surface area contributed by atoms with Crippen molar-refractivity contribution in [2.75, 3.05) is 17.2 Å². The maximum atomic E-state index is 11.9.